The van der Waals surface area contributed by atoms with Crippen LogP contribution >= 0.6 is 0 Å². The van der Waals surface area contributed by atoms with Crippen LogP contribution in [0.4, 0.5) is 5.69 Å². The lowest BCUT2D eigenvalue weighted by atomic mass is 10.1. The third-order valence-electron chi connectivity index (χ3n) is 4.54. The zero-order valence-electron chi connectivity index (χ0n) is 14.3. The van der Waals surface area contributed by atoms with Gasteiger partial charge in [0.25, 0.3) is 5.91 Å². The van der Waals surface area contributed by atoms with Crippen LogP contribution in [0.15, 0.2) is 42.7 Å². The number of hydrogen-bond donors (Lipinski definition) is 0. The maximum atomic E-state index is 12.3. The van der Waals surface area contributed by atoms with E-state index in [2.05, 4.69) is 28.9 Å². The van der Waals surface area contributed by atoms with Gasteiger partial charge in [-0.25, -0.2) is 4.98 Å². The lowest BCUT2D eigenvalue weighted by Gasteiger charge is -2.35. The maximum absolute atomic E-state index is 12.3. The van der Waals surface area contributed by atoms with Crippen LogP contribution in [0.5, 0.6) is 5.75 Å². The summed E-state index contributed by atoms with van der Waals surface area (Å²) < 4.78 is 5.66. The molecule has 3 rings (SSSR count). The molecule has 1 aliphatic rings. The van der Waals surface area contributed by atoms with Crippen molar-refractivity contribution >= 4 is 11.6 Å². The summed E-state index contributed by atoms with van der Waals surface area (Å²) in [7, 11) is 0. The Balaban J connectivity index is 1.49. The number of nitrogens with one attached hydrogen (secondary N) is 1. The van der Waals surface area contributed by atoms with Crippen molar-refractivity contribution in [1.29, 1.82) is 0 Å². The highest BCUT2D eigenvalue weighted by Gasteiger charge is 2.21. The normalized spacial score (nSPS) is 14.6. The van der Waals surface area contributed by atoms with Gasteiger partial charge in [0.05, 0.1) is 0 Å². The fourth-order valence-electron chi connectivity index (χ4n) is 2.84. The minimum Gasteiger partial charge on any atom is -0.484 e. The Morgan fingerprint density at radius 1 is 1.04 bits per heavy atom. The standard InChI is InChI=1S/C19H23N3O2/c1-15-3-4-18(13-16(15)2)24-14-19(23)22-11-9-21(10-12-22)17-5-7-20-8-6-17/h3-8,13H,9-12,14H2,1-2H3/p+1. The highest BCUT2D eigenvalue weighted by molar-refractivity contribution is 5.78. The molecule has 0 saturated carbocycles. The Morgan fingerprint density at radius 2 is 1.75 bits per heavy atom. The van der Waals surface area contributed by atoms with E-state index in [9.17, 15) is 4.79 Å². The van der Waals surface area contributed by atoms with E-state index in [1.807, 2.05) is 42.4 Å². The van der Waals surface area contributed by atoms with Gasteiger partial charge in [-0.3, -0.25) is 4.79 Å². The van der Waals surface area contributed by atoms with Crippen molar-refractivity contribution in [3.05, 3.63) is 53.9 Å². The minimum atomic E-state index is 0.0503. The van der Waals surface area contributed by atoms with Crippen molar-refractivity contribution in [2.45, 2.75) is 13.8 Å². The molecule has 0 radical (unpaired) electrons. The lowest BCUT2D eigenvalue weighted by molar-refractivity contribution is -0.377. The smallest absolute Gasteiger partial charge is 0.260 e. The van der Waals surface area contributed by atoms with Crippen LogP contribution in [0.1, 0.15) is 11.1 Å². The molecule has 1 fully saturated rings. The Morgan fingerprint density at radius 3 is 2.42 bits per heavy atom. The molecule has 5 nitrogen and oxygen atoms in total. The van der Waals surface area contributed by atoms with Crippen molar-refractivity contribution in [2.75, 3.05) is 37.7 Å². The molecule has 1 aliphatic heterocycles. The molecule has 24 heavy (non-hydrogen) atoms. The summed E-state index contributed by atoms with van der Waals surface area (Å²) in [5, 5.41) is 0. The van der Waals surface area contributed by atoms with Gasteiger partial charge in [0, 0.05) is 44.0 Å². The molecule has 0 unspecified atom stereocenters. The molecule has 0 atom stereocenters. The number of piperazine rings is 1. The van der Waals surface area contributed by atoms with Gasteiger partial charge < -0.3 is 14.5 Å². The van der Waals surface area contributed by atoms with Crippen molar-refractivity contribution in [3.8, 4) is 5.75 Å². The predicted octanol–water partition coefficient (Wildman–Crippen LogP) is 1.85. The third kappa shape index (κ3) is 3.85. The summed E-state index contributed by atoms with van der Waals surface area (Å²) in [6, 6.07) is 10.0. The summed E-state index contributed by atoms with van der Waals surface area (Å²) in [6.07, 6.45) is 3.84. The van der Waals surface area contributed by atoms with E-state index in [1.54, 1.807) is 0 Å². The summed E-state index contributed by atoms with van der Waals surface area (Å²) in [5.74, 6) is 0.805. The highest BCUT2D eigenvalue weighted by atomic mass is 16.5. The first-order chi connectivity index (χ1) is 11.6. The lowest BCUT2D eigenvalue weighted by Crippen LogP contribution is -2.50. The number of pyridine rings is 1. The topological polar surface area (TPSA) is 46.9 Å². The molecule has 1 aromatic heterocycles. The van der Waals surface area contributed by atoms with Gasteiger partial charge in [-0.1, -0.05) is 6.07 Å². The fraction of sp³-hybridized carbons (Fsp3) is 0.368. The van der Waals surface area contributed by atoms with E-state index in [0.29, 0.717) is 0 Å². The average molecular weight is 326 g/mol. The highest BCUT2D eigenvalue weighted by Crippen LogP contribution is 2.17. The number of anilines is 1. The SMILES string of the molecule is Cc1ccc(OCC(=O)N2CCN(c3cc[nH+]cc3)CC2)cc1C. The number of aryl methyl sites for hydroxylation is 2. The van der Waals surface area contributed by atoms with Gasteiger partial charge in [0.15, 0.2) is 19.0 Å². The number of benzene rings is 1. The van der Waals surface area contributed by atoms with E-state index >= 15 is 0 Å². The summed E-state index contributed by atoms with van der Waals surface area (Å²) in [4.78, 5) is 19.5. The number of carbonyl (C=O) groups excluding carboxylic acids is 1. The number of aromatic nitrogens is 1. The molecule has 1 saturated heterocycles. The third-order valence-corrected chi connectivity index (χ3v) is 4.54. The molecule has 0 aliphatic carbocycles. The number of hydrogen-bond acceptors (Lipinski definition) is 3. The number of nitrogens with zero attached hydrogens (tertiary/aromatic N) is 2. The predicted molar refractivity (Wildman–Crippen MR) is 93.2 cm³/mol. The first-order valence-corrected chi connectivity index (χ1v) is 8.32. The molecule has 1 aromatic carbocycles. The Kier molecular flexibility index (Phi) is 4.99. The van der Waals surface area contributed by atoms with E-state index in [-0.39, 0.29) is 12.5 Å². The maximum Gasteiger partial charge on any atom is 0.260 e. The quantitative estimate of drug-likeness (QED) is 0.861. The Hall–Kier alpha value is -2.56. The second-order valence-corrected chi connectivity index (χ2v) is 6.16. The Labute approximate surface area is 142 Å². The molecule has 2 heterocycles. The van der Waals surface area contributed by atoms with Gasteiger partial charge in [-0.15, -0.1) is 0 Å². The van der Waals surface area contributed by atoms with Crippen LogP contribution in [0, 0.1) is 13.8 Å². The number of carbonyl (C=O) groups is 1. The molecular weight excluding hydrogens is 302 g/mol. The molecule has 0 spiro atoms. The number of aromatic amines is 1. The first kappa shape index (κ1) is 16.3. The van der Waals surface area contributed by atoms with Crippen LogP contribution in [0.2, 0.25) is 0 Å². The molecule has 0 bridgehead atoms. The van der Waals surface area contributed by atoms with Gasteiger partial charge in [-0.2, -0.15) is 0 Å². The average Bonchev–Trinajstić information content (AvgIpc) is 2.63. The monoisotopic (exact) mass is 326 g/mol. The van der Waals surface area contributed by atoms with Gasteiger partial charge in [0.1, 0.15) is 5.75 Å². The largest absolute Gasteiger partial charge is 0.484 e. The van der Waals surface area contributed by atoms with E-state index in [1.165, 1.54) is 16.8 Å². The first-order valence-electron chi connectivity index (χ1n) is 8.32. The molecule has 1 amide bonds. The van der Waals surface area contributed by atoms with Gasteiger partial charge in [0.2, 0.25) is 0 Å². The molecule has 1 N–H and O–H groups in total. The molecule has 126 valence electrons. The van der Waals surface area contributed by atoms with Crippen LogP contribution in [-0.4, -0.2) is 43.6 Å². The van der Waals surface area contributed by atoms with Crippen molar-refractivity contribution < 1.29 is 14.5 Å². The number of H-pyrrole nitrogens is 1. The molecule has 2 aromatic rings. The van der Waals surface area contributed by atoms with E-state index < -0.39 is 0 Å². The van der Waals surface area contributed by atoms with Crippen molar-refractivity contribution in [2.24, 2.45) is 0 Å². The summed E-state index contributed by atoms with van der Waals surface area (Å²) in [6.45, 7) is 7.36. The number of rotatable bonds is 4. The number of ether oxygens (including phenoxy) is 1. The Bertz CT molecular complexity index is 695. The van der Waals surface area contributed by atoms with Crippen LogP contribution in [0.25, 0.3) is 0 Å². The van der Waals surface area contributed by atoms with Crippen molar-refractivity contribution in [1.82, 2.24) is 4.90 Å². The van der Waals surface area contributed by atoms with E-state index in [0.717, 1.165) is 31.9 Å². The second-order valence-electron chi connectivity index (χ2n) is 6.16. The molecular formula is C19H24N3O2+. The van der Waals surface area contributed by atoms with Crippen LogP contribution in [-0.2, 0) is 4.79 Å². The summed E-state index contributed by atoms with van der Waals surface area (Å²) in [5.41, 5.74) is 3.59. The number of amides is 1. The van der Waals surface area contributed by atoms with Gasteiger partial charge >= 0.3 is 0 Å². The summed E-state index contributed by atoms with van der Waals surface area (Å²) >= 11 is 0. The van der Waals surface area contributed by atoms with Crippen LogP contribution < -0.4 is 14.6 Å². The van der Waals surface area contributed by atoms with Crippen molar-refractivity contribution in [3.63, 3.8) is 0 Å². The van der Waals surface area contributed by atoms with Crippen LogP contribution in [0.3, 0.4) is 0 Å². The van der Waals surface area contributed by atoms with E-state index in [4.69, 9.17) is 4.74 Å². The molecule has 5 heteroatoms. The zero-order valence-corrected chi connectivity index (χ0v) is 14.3. The second kappa shape index (κ2) is 7.34. The zero-order chi connectivity index (χ0) is 16.9. The minimum absolute atomic E-state index is 0.0503. The fourth-order valence-corrected chi connectivity index (χ4v) is 2.84. The van der Waals surface area contributed by atoms with Gasteiger partial charge in [-0.05, 0) is 37.1 Å².